The molecule has 0 radical (unpaired) electrons. The average molecular weight is 368 g/mol. The normalized spacial score (nSPS) is 10.6. The minimum atomic E-state index is -0.352. The number of anilines is 1. The van der Waals surface area contributed by atoms with E-state index in [-0.39, 0.29) is 23.2 Å². The van der Waals surface area contributed by atoms with Crippen LogP contribution in [0, 0.1) is 0 Å². The third-order valence-corrected chi connectivity index (χ3v) is 3.50. The Kier molecular flexibility index (Phi) is 6.28. The number of carbonyl (C=O) groups excluding carboxylic acids is 1. The summed E-state index contributed by atoms with van der Waals surface area (Å²) in [6.07, 6.45) is 1.26. The van der Waals surface area contributed by atoms with Gasteiger partial charge in [0.1, 0.15) is 11.5 Å². The maximum atomic E-state index is 11.7. The highest BCUT2D eigenvalue weighted by Crippen LogP contribution is 2.29. The minimum Gasteiger partial charge on any atom is -0.506 e. The summed E-state index contributed by atoms with van der Waals surface area (Å²) in [5, 5.41) is 16.9. The molecule has 1 amide bonds. The smallest absolute Gasteiger partial charge is 0.259 e. The van der Waals surface area contributed by atoms with E-state index in [4.69, 9.17) is 27.9 Å². The first-order valence-electron chi connectivity index (χ1n) is 6.87. The van der Waals surface area contributed by atoms with Gasteiger partial charge in [-0.15, -0.1) is 0 Å². The Hall–Kier alpha value is -2.44. The molecule has 0 aliphatic carbocycles. The maximum absolute atomic E-state index is 11.7. The van der Waals surface area contributed by atoms with Crippen LogP contribution in [0.2, 0.25) is 10.0 Å². The van der Waals surface area contributed by atoms with Gasteiger partial charge in [-0.2, -0.15) is 5.10 Å². The summed E-state index contributed by atoms with van der Waals surface area (Å²) in [7, 11) is 1.58. The van der Waals surface area contributed by atoms with Crippen molar-refractivity contribution in [3.63, 3.8) is 0 Å². The number of hydrazone groups is 1. The predicted molar refractivity (Wildman–Crippen MR) is 95.3 cm³/mol. The fourth-order valence-electron chi connectivity index (χ4n) is 1.79. The monoisotopic (exact) mass is 367 g/mol. The van der Waals surface area contributed by atoms with Gasteiger partial charge in [0.15, 0.2) is 0 Å². The molecule has 0 aliphatic rings. The lowest BCUT2D eigenvalue weighted by atomic mass is 10.2. The van der Waals surface area contributed by atoms with Crippen LogP contribution >= 0.6 is 23.2 Å². The lowest BCUT2D eigenvalue weighted by Crippen LogP contribution is -2.25. The van der Waals surface area contributed by atoms with Gasteiger partial charge in [-0.05, 0) is 36.4 Å². The van der Waals surface area contributed by atoms with E-state index in [1.54, 1.807) is 31.4 Å². The standard InChI is InChI=1S/C16H15Cl2N3O3/c1-24-13-4-2-12(3-5-13)19-9-15(22)21-20-8-10-6-11(17)7-14(18)16(10)23/h2-8,19,23H,9H2,1H3,(H,21,22)/b20-8-. The highest BCUT2D eigenvalue weighted by atomic mass is 35.5. The van der Waals surface area contributed by atoms with Crippen molar-refractivity contribution in [2.45, 2.75) is 0 Å². The topological polar surface area (TPSA) is 83.0 Å². The number of hydrogen-bond acceptors (Lipinski definition) is 5. The second-order valence-corrected chi connectivity index (χ2v) is 5.54. The molecule has 0 heterocycles. The van der Waals surface area contributed by atoms with Gasteiger partial charge >= 0.3 is 0 Å². The third-order valence-electron chi connectivity index (χ3n) is 2.99. The van der Waals surface area contributed by atoms with Gasteiger partial charge in [0.25, 0.3) is 5.91 Å². The lowest BCUT2D eigenvalue weighted by Gasteiger charge is -2.06. The Morgan fingerprint density at radius 2 is 2.00 bits per heavy atom. The fraction of sp³-hybridized carbons (Fsp3) is 0.125. The second kappa shape index (κ2) is 8.42. The first kappa shape index (κ1) is 17.9. The van der Waals surface area contributed by atoms with Crippen LogP contribution in [0.1, 0.15) is 5.56 Å². The number of nitrogens with one attached hydrogen (secondary N) is 2. The van der Waals surface area contributed by atoms with Gasteiger partial charge in [0.2, 0.25) is 0 Å². The number of benzene rings is 2. The number of aromatic hydroxyl groups is 1. The number of rotatable bonds is 6. The number of phenols is 1. The molecule has 2 rings (SSSR count). The lowest BCUT2D eigenvalue weighted by molar-refractivity contribution is -0.119. The van der Waals surface area contributed by atoms with Crippen LogP contribution in [0.15, 0.2) is 41.5 Å². The molecule has 0 atom stereocenters. The molecule has 24 heavy (non-hydrogen) atoms. The number of halogens is 2. The van der Waals surface area contributed by atoms with Crippen LogP contribution in [-0.4, -0.2) is 30.9 Å². The molecule has 8 heteroatoms. The second-order valence-electron chi connectivity index (χ2n) is 4.70. The quantitative estimate of drug-likeness (QED) is 0.540. The SMILES string of the molecule is COc1ccc(NCC(=O)N/N=C\c2cc(Cl)cc(Cl)c2O)cc1. The Labute approximate surface area is 149 Å². The summed E-state index contributed by atoms with van der Waals surface area (Å²) in [4.78, 5) is 11.7. The molecule has 2 aromatic carbocycles. The van der Waals surface area contributed by atoms with E-state index in [0.29, 0.717) is 10.6 Å². The minimum absolute atomic E-state index is 0.0337. The molecule has 0 spiro atoms. The number of nitrogens with zero attached hydrogens (tertiary/aromatic N) is 1. The van der Waals surface area contributed by atoms with Crippen LogP contribution in [-0.2, 0) is 4.79 Å². The van der Waals surface area contributed by atoms with E-state index in [2.05, 4.69) is 15.8 Å². The summed E-state index contributed by atoms with van der Waals surface area (Å²) in [6, 6.07) is 10.0. The first-order valence-corrected chi connectivity index (χ1v) is 7.63. The van der Waals surface area contributed by atoms with E-state index in [1.165, 1.54) is 18.3 Å². The van der Waals surface area contributed by atoms with E-state index >= 15 is 0 Å². The summed E-state index contributed by atoms with van der Waals surface area (Å²) in [5.74, 6) is 0.222. The number of amides is 1. The van der Waals surface area contributed by atoms with Crippen molar-refractivity contribution in [2.24, 2.45) is 5.10 Å². The number of ether oxygens (including phenoxy) is 1. The number of carbonyl (C=O) groups is 1. The van der Waals surface area contributed by atoms with Crippen LogP contribution in [0.5, 0.6) is 11.5 Å². The van der Waals surface area contributed by atoms with Crippen molar-refractivity contribution in [3.05, 3.63) is 52.0 Å². The molecule has 0 saturated carbocycles. The molecule has 0 unspecified atom stereocenters. The maximum Gasteiger partial charge on any atom is 0.259 e. The Morgan fingerprint density at radius 1 is 1.29 bits per heavy atom. The van der Waals surface area contributed by atoms with Crippen LogP contribution in [0.3, 0.4) is 0 Å². The van der Waals surface area contributed by atoms with Gasteiger partial charge in [0, 0.05) is 16.3 Å². The van der Waals surface area contributed by atoms with Gasteiger partial charge in [-0.3, -0.25) is 4.79 Å². The molecule has 0 aromatic heterocycles. The summed E-state index contributed by atoms with van der Waals surface area (Å²) in [6.45, 7) is 0.0337. The van der Waals surface area contributed by atoms with E-state index < -0.39 is 0 Å². The average Bonchev–Trinajstić information content (AvgIpc) is 2.57. The summed E-state index contributed by atoms with van der Waals surface area (Å²) in [5.41, 5.74) is 3.41. The highest BCUT2D eigenvalue weighted by Gasteiger charge is 2.06. The molecule has 0 fully saturated rings. The molecule has 2 aromatic rings. The molecular weight excluding hydrogens is 353 g/mol. The van der Waals surface area contributed by atoms with Gasteiger partial charge < -0.3 is 15.2 Å². The zero-order valence-electron chi connectivity index (χ0n) is 12.7. The number of hydrogen-bond donors (Lipinski definition) is 3. The van der Waals surface area contributed by atoms with Crippen molar-refractivity contribution < 1.29 is 14.6 Å². The Morgan fingerprint density at radius 3 is 2.67 bits per heavy atom. The Bertz CT molecular complexity index is 749. The van der Waals surface area contributed by atoms with Crippen LogP contribution in [0.4, 0.5) is 5.69 Å². The first-order chi connectivity index (χ1) is 11.5. The molecule has 0 bridgehead atoms. The third kappa shape index (κ3) is 5.04. The fourth-order valence-corrected chi connectivity index (χ4v) is 2.30. The molecule has 3 N–H and O–H groups in total. The Balaban J connectivity index is 1.86. The molecule has 0 aliphatic heterocycles. The molecule has 126 valence electrons. The van der Waals surface area contributed by atoms with E-state index in [9.17, 15) is 9.90 Å². The van der Waals surface area contributed by atoms with Gasteiger partial charge in [-0.25, -0.2) is 5.43 Å². The zero-order valence-corrected chi connectivity index (χ0v) is 14.2. The summed E-state index contributed by atoms with van der Waals surface area (Å²) >= 11 is 11.6. The van der Waals surface area contributed by atoms with Crippen LogP contribution < -0.4 is 15.5 Å². The van der Waals surface area contributed by atoms with E-state index in [1.807, 2.05) is 0 Å². The van der Waals surface area contributed by atoms with Crippen molar-refractivity contribution in [1.29, 1.82) is 0 Å². The molecular formula is C16H15Cl2N3O3. The van der Waals surface area contributed by atoms with Gasteiger partial charge in [-0.1, -0.05) is 23.2 Å². The highest BCUT2D eigenvalue weighted by molar-refractivity contribution is 6.36. The van der Waals surface area contributed by atoms with Crippen molar-refractivity contribution in [3.8, 4) is 11.5 Å². The largest absolute Gasteiger partial charge is 0.506 e. The van der Waals surface area contributed by atoms with Crippen molar-refractivity contribution in [2.75, 3.05) is 19.0 Å². The molecule has 6 nitrogen and oxygen atoms in total. The number of methoxy groups -OCH3 is 1. The van der Waals surface area contributed by atoms with Crippen LogP contribution in [0.25, 0.3) is 0 Å². The van der Waals surface area contributed by atoms with E-state index in [0.717, 1.165) is 11.4 Å². The summed E-state index contributed by atoms with van der Waals surface area (Å²) < 4.78 is 5.05. The van der Waals surface area contributed by atoms with Gasteiger partial charge in [0.05, 0.1) is 24.9 Å². The van der Waals surface area contributed by atoms with Crippen molar-refractivity contribution in [1.82, 2.24) is 5.43 Å². The zero-order chi connectivity index (χ0) is 17.5. The molecule has 0 saturated heterocycles. The predicted octanol–water partition coefficient (Wildman–Crippen LogP) is 3.27. The van der Waals surface area contributed by atoms with Crippen molar-refractivity contribution >= 4 is 41.0 Å². The number of phenolic OH excluding ortho intramolecular Hbond substituents is 1.